The molecule has 3 aromatic carbocycles. The molecule has 4 rings (SSSR count). The van der Waals surface area contributed by atoms with E-state index in [0.717, 1.165) is 5.56 Å². The Kier molecular flexibility index (Phi) is 8.46. The van der Waals surface area contributed by atoms with Crippen LogP contribution in [0.25, 0.3) is 0 Å². The van der Waals surface area contributed by atoms with Crippen LogP contribution in [0.5, 0.6) is 23.0 Å². The molecular formula is C28H27Cl2NO6. The topological polar surface area (TPSA) is 94.1 Å². The minimum Gasteiger partial charge on any atom is -0.493 e. The van der Waals surface area contributed by atoms with E-state index >= 15 is 0 Å². The van der Waals surface area contributed by atoms with Crippen molar-refractivity contribution in [3.05, 3.63) is 81.3 Å². The molecule has 3 aromatic rings. The normalized spacial score (nSPS) is 14.5. The standard InChI is InChI=1S/C28H27Cl2NO6/c1-16(2)36-24-13-19(29)6-3-17(24)9-11-31-27(32)18-4-7-20(8-5-18)37-26-15-25-22(14-23(26)30)21(28(33)34)10-12-35-25/h3-8,13-16,21H,9-12H2,1-2H3,(H,31,32)(H,33,34). The van der Waals surface area contributed by atoms with Gasteiger partial charge >= 0.3 is 5.97 Å². The average molecular weight is 544 g/mol. The molecule has 0 saturated carbocycles. The lowest BCUT2D eigenvalue weighted by atomic mass is 9.93. The van der Waals surface area contributed by atoms with Gasteiger partial charge in [0.1, 0.15) is 23.0 Å². The highest BCUT2D eigenvalue weighted by molar-refractivity contribution is 6.32. The second-order valence-corrected chi connectivity index (χ2v) is 9.74. The van der Waals surface area contributed by atoms with Gasteiger partial charge in [-0.15, -0.1) is 0 Å². The Labute approximate surface area is 225 Å². The van der Waals surface area contributed by atoms with Crippen LogP contribution in [0.2, 0.25) is 10.0 Å². The number of benzene rings is 3. The van der Waals surface area contributed by atoms with Gasteiger partial charge in [0.25, 0.3) is 5.91 Å². The zero-order valence-electron chi connectivity index (χ0n) is 20.4. The van der Waals surface area contributed by atoms with Crippen molar-refractivity contribution in [2.75, 3.05) is 13.2 Å². The monoisotopic (exact) mass is 543 g/mol. The van der Waals surface area contributed by atoms with Crippen molar-refractivity contribution in [3.63, 3.8) is 0 Å². The Morgan fingerprint density at radius 3 is 2.54 bits per heavy atom. The maximum atomic E-state index is 12.6. The molecule has 1 aliphatic rings. The molecule has 1 atom stereocenters. The van der Waals surface area contributed by atoms with Crippen LogP contribution in [-0.4, -0.2) is 36.2 Å². The number of amides is 1. The van der Waals surface area contributed by atoms with Gasteiger partial charge in [-0.25, -0.2) is 0 Å². The van der Waals surface area contributed by atoms with Gasteiger partial charge in [0.15, 0.2) is 0 Å². The van der Waals surface area contributed by atoms with Crippen molar-refractivity contribution in [3.8, 4) is 23.0 Å². The predicted octanol–water partition coefficient (Wildman–Crippen LogP) is 6.50. The Hall–Kier alpha value is -3.42. The van der Waals surface area contributed by atoms with Crippen molar-refractivity contribution in [1.82, 2.24) is 5.32 Å². The molecule has 0 aliphatic carbocycles. The van der Waals surface area contributed by atoms with Crippen molar-refractivity contribution in [2.24, 2.45) is 0 Å². The van der Waals surface area contributed by atoms with E-state index in [1.54, 1.807) is 48.5 Å². The van der Waals surface area contributed by atoms with Crippen LogP contribution in [0.4, 0.5) is 0 Å². The summed E-state index contributed by atoms with van der Waals surface area (Å²) in [5, 5.41) is 13.2. The zero-order valence-corrected chi connectivity index (χ0v) is 21.9. The quantitative estimate of drug-likeness (QED) is 0.320. The lowest BCUT2D eigenvalue weighted by Gasteiger charge is -2.24. The number of nitrogens with one attached hydrogen (secondary N) is 1. The van der Waals surface area contributed by atoms with Gasteiger partial charge in [0.2, 0.25) is 0 Å². The van der Waals surface area contributed by atoms with E-state index in [4.69, 9.17) is 37.4 Å². The van der Waals surface area contributed by atoms with E-state index in [1.165, 1.54) is 0 Å². The molecule has 0 radical (unpaired) electrons. The lowest BCUT2D eigenvalue weighted by molar-refractivity contribution is -0.139. The summed E-state index contributed by atoms with van der Waals surface area (Å²) >= 11 is 12.5. The molecule has 37 heavy (non-hydrogen) atoms. The van der Waals surface area contributed by atoms with E-state index in [0.29, 0.717) is 65.1 Å². The van der Waals surface area contributed by atoms with Crippen LogP contribution in [0.1, 0.15) is 47.7 Å². The fourth-order valence-electron chi connectivity index (χ4n) is 4.04. The van der Waals surface area contributed by atoms with Gasteiger partial charge in [-0.05, 0) is 74.7 Å². The molecule has 1 heterocycles. The zero-order chi connectivity index (χ0) is 26.5. The van der Waals surface area contributed by atoms with Gasteiger partial charge in [0.05, 0.1) is 23.7 Å². The number of carbonyl (C=O) groups is 2. The number of carbonyl (C=O) groups excluding carboxylic acids is 1. The molecule has 2 N–H and O–H groups in total. The summed E-state index contributed by atoms with van der Waals surface area (Å²) < 4.78 is 17.3. The van der Waals surface area contributed by atoms with Crippen LogP contribution in [0.3, 0.4) is 0 Å². The molecule has 0 saturated heterocycles. The molecule has 7 nitrogen and oxygen atoms in total. The number of hydrogen-bond acceptors (Lipinski definition) is 5. The van der Waals surface area contributed by atoms with Gasteiger partial charge in [-0.2, -0.15) is 0 Å². The fourth-order valence-corrected chi connectivity index (χ4v) is 4.41. The Morgan fingerprint density at radius 1 is 1.08 bits per heavy atom. The largest absolute Gasteiger partial charge is 0.493 e. The van der Waals surface area contributed by atoms with Gasteiger partial charge < -0.3 is 24.6 Å². The van der Waals surface area contributed by atoms with E-state index < -0.39 is 11.9 Å². The molecule has 0 aromatic heterocycles. The molecule has 1 unspecified atom stereocenters. The number of fused-ring (bicyclic) bond motifs is 1. The molecule has 0 bridgehead atoms. The Bertz CT molecular complexity index is 1290. The molecule has 0 fully saturated rings. The van der Waals surface area contributed by atoms with Crippen LogP contribution < -0.4 is 19.5 Å². The maximum absolute atomic E-state index is 12.6. The van der Waals surface area contributed by atoms with Crippen molar-refractivity contribution in [2.45, 2.75) is 38.7 Å². The molecule has 1 aliphatic heterocycles. The fraction of sp³-hybridized carbons (Fsp3) is 0.286. The first kappa shape index (κ1) is 26.6. The van der Waals surface area contributed by atoms with E-state index in [-0.39, 0.29) is 17.0 Å². The number of aliphatic carboxylic acids is 1. The van der Waals surface area contributed by atoms with Crippen molar-refractivity contribution in [1.29, 1.82) is 0 Å². The first-order valence-electron chi connectivity index (χ1n) is 11.9. The van der Waals surface area contributed by atoms with Crippen LogP contribution in [0, 0.1) is 0 Å². The van der Waals surface area contributed by atoms with E-state index in [9.17, 15) is 14.7 Å². The second kappa shape index (κ2) is 11.8. The number of hydrogen-bond donors (Lipinski definition) is 2. The molecular weight excluding hydrogens is 517 g/mol. The predicted molar refractivity (Wildman–Crippen MR) is 142 cm³/mol. The van der Waals surface area contributed by atoms with Gasteiger partial charge in [0, 0.05) is 28.8 Å². The van der Waals surface area contributed by atoms with Crippen LogP contribution >= 0.6 is 23.2 Å². The number of halogens is 2. The number of ether oxygens (including phenoxy) is 3. The number of carboxylic acids is 1. The first-order chi connectivity index (χ1) is 17.7. The highest BCUT2D eigenvalue weighted by Gasteiger charge is 2.29. The summed E-state index contributed by atoms with van der Waals surface area (Å²) in [6, 6.07) is 15.3. The van der Waals surface area contributed by atoms with Crippen LogP contribution in [0.15, 0.2) is 54.6 Å². The summed E-state index contributed by atoms with van der Waals surface area (Å²) in [4.78, 5) is 24.2. The summed E-state index contributed by atoms with van der Waals surface area (Å²) in [7, 11) is 0. The first-order valence-corrected chi connectivity index (χ1v) is 12.7. The molecule has 1 amide bonds. The summed E-state index contributed by atoms with van der Waals surface area (Å²) in [6.07, 6.45) is 0.987. The van der Waals surface area contributed by atoms with Crippen molar-refractivity contribution < 1.29 is 28.9 Å². The molecule has 0 spiro atoms. The second-order valence-electron chi connectivity index (χ2n) is 8.90. The third-order valence-electron chi connectivity index (χ3n) is 5.82. The van der Waals surface area contributed by atoms with Gasteiger partial charge in [-0.3, -0.25) is 9.59 Å². The van der Waals surface area contributed by atoms with Crippen LogP contribution in [-0.2, 0) is 11.2 Å². The highest BCUT2D eigenvalue weighted by atomic mass is 35.5. The van der Waals surface area contributed by atoms with Gasteiger partial charge in [-0.1, -0.05) is 29.3 Å². The minimum atomic E-state index is -0.916. The maximum Gasteiger partial charge on any atom is 0.311 e. The highest BCUT2D eigenvalue weighted by Crippen LogP contribution is 2.41. The third-order valence-corrected chi connectivity index (χ3v) is 6.35. The number of rotatable bonds is 9. The molecule has 194 valence electrons. The minimum absolute atomic E-state index is 0.0120. The number of carboxylic acid groups (broad SMARTS) is 1. The Balaban J connectivity index is 1.37. The third kappa shape index (κ3) is 6.67. The Morgan fingerprint density at radius 2 is 1.84 bits per heavy atom. The lowest BCUT2D eigenvalue weighted by Crippen LogP contribution is -2.25. The summed E-state index contributed by atoms with van der Waals surface area (Å²) in [6.45, 7) is 4.62. The SMILES string of the molecule is CC(C)Oc1cc(Cl)ccc1CCNC(=O)c1ccc(Oc2cc3c(cc2Cl)C(C(=O)O)CCO3)cc1. The summed E-state index contributed by atoms with van der Waals surface area (Å²) in [5.41, 5.74) is 1.97. The smallest absolute Gasteiger partial charge is 0.311 e. The summed E-state index contributed by atoms with van der Waals surface area (Å²) in [5.74, 6) is 0.167. The van der Waals surface area contributed by atoms with E-state index in [1.807, 2.05) is 19.9 Å². The van der Waals surface area contributed by atoms with Crippen molar-refractivity contribution >= 4 is 35.1 Å². The average Bonchev–Trinajstić information content (AvgIpc) is 2.85. The van der Waals surface area contributed by atoms with E-state index in [2.05, 4.69) is 5.32 Å². The molecule has 9 heteroatoms.